The van der Waals surface area contributed by atoms with Crippen LogP contribution >= 0.6 is 11.3 Å². The van der Waals surface area contributed by atoms with E-state index in [4.69, 9.17) is 4.74 Å². The van der Waals surface area contributed by atoms with Crippen LogP contribution in [0.2, 0.25) is 0 Å². The van der Waals surface area contributed by atoms with Crippen LogP contribution in [0.1, 0.15) is 79.3 Å². The molecule has 1 N–H and O–H groups in total. The van der Waals surface area contributed by atoms with Crippen LogP contribution in [0.15, 0.2) is 35.1 Å². The Morgan fingerprint density at radius 3 is 2.47 bits per heavy atom. The Morgan fingerprint density at radius 1 is 1.14 bits per heavy atom. The maximum Gasteiger partial charge on any atom is 0.340 e. The number of ether oxygens (including phenoxy) is 1. The maximum absolute atomic E-state index is 13.5. The highest BCUT2D eigenvalue weighted by Gasteiger charge is 2.54. The lowest BCUT2D eigenvalue weighted by Gasteiger charge is -2.55. The van der Waals surface area contributed by atoms with Crippen LogP contribution in [-0.4, -0.2) is 26.5 Å². The maximum atomic E-state index is 13.5. The predicted molar refractivity (Wildman–Crippen MR) is 136 cm³/mol. The molecule has 9 heteroatoms. The van der Waals surface area contributed by atoms with Gasteiger partial charge in [-0.05, 0) is 68.4 Å². The van der Waals surface area contributed by atoms with Gasteiger partial charge in [-0.3, -0.25) is 9.59 Å². The number of para-hydroxylation sites is 1. The minimum Gasteiger partial charge on any atom is -0.456 e. The van der Waals surface area contributed by atoms with E-state index in [9.17, 15) is 14.4 Å². The van der Waals surface area contributed by atoms with Crippen molar-refractivity contribution in [3.63, 3.8) is 0 Å². The molecule has 4 saturated carbocycles. The molecule has 0 unspecified atom stereocenters. The zero-order valence-electron chi connectivity index (χ0n) is 20.5. The second-order valence-corrected chi connectivity index (χ2v) is 12.1. The van der Waals surface area contributed by atoms with Crippen molar-refractivity contribution in [1.82, 2.24) is 14.6 Å². The minimum absolute atomic E-state index is 0.0353. The number of rotatable bonds is 6. The lowest BCUT2D eigenvalue weighted by atomic mass is 9.49. The summed E-state index contributed by atoms with van der Waals surface area (Å²) >= 11 is 1.35. The van der Waals surface area contributed by atoms with Crippen molar-refractivity contribution in [2.75, 3.05) is 5.32 Å². The Hall–Kier alpha value is -3.07. The molecule has 188 valence electrons. The van der Waals surface area contributed by atoms with Crippen LogP contribution in [0.5, 0.6) is 0 Å². The molecule has 36 heavy (non-hydrogen) atoms. The van der Waals surface area contributed by atoms with Crippen LogP contribution in [0.25, 0.3) is 4.96 Å². The topological polar surface area (TPSA) is 103 Å². The van der Waals surface area contributed by atoms with Gasteiger partial charge in [0.15, 0.2) is 0 Å². The number of fused-ring (bicyclic) bond motifs is 1. The highest BCUT2D eigenvalue weighted by atomic mass is 32.1. The van der Waals surface area contributed by atoms with E-state index in [-0.39, 0.29) is 29.4 Å². The molecule has 0 spiro atoms. The van der Waals surface area contributed by atoms with Crippen LogP contribution in [0.4, 0.5) is 5.69 Å². The summed E-state index contributed by atoms with van der Waals surface area (Å²) in [5.74, 6) is 1.63. The third-order valence-electron chi connectivity index (χ3n) is 8.07. The van der Waals surface area contributed by atoms with E-state index >= 15 is 0 Å². The van der Waals surface area contributed by atoms with E-state index < -0.39 is 5.97 Å². The van der Waals surface area contributed by atoms with Gasteiger partial charge in [0.1, 0.15) is 11.6 Å². The first-order valence-corrected chi connectivity index (χ1v) is 13.6. The SMILES string of the molecule is CC(C)c1nn2c(=O)cc(COC(=O)c3ccccc3NC(=O)C34CC5CC(CC(C5)C3)C4)nc2s1. The largest absolute Gasteiger partial charge is 0.456 e. The lowest BCUT2D eigenvalue weighted by molar-refractivity contribution is -0.140. The number of esters is 1. The number of carbonyl (C=O) groups is 2. The van der Waals surface area contributed by atoms with Gasteiger partial charge in [0, 0.05) is 12.0 Å². The molecule has 0 aliphatic heterocycles. The molecule has 8 nitrogen and oxygen atoms in total. The quantitative estimate of drug-likeness (QED) is 0.483. The lowest BCUT2D eigenvalue weighted by Crippen LogP contribution is -2.51. The fourth-order valence-electron chi connectivity index (χ4n) is 6.81. The first kappa shape index (κ1) is 23.3. The highest BCUT2D eigenvalue weighted by molar-refractivity contribution is 7.16. The van der Waals surface area contributed by atoms with Crippen LogP contribution in [-0.2, 0) is 16.1 Å². The van der Waals surface area contributed by atoms with Crippen molar-refractivity contribution in [3.05, 3.63) is 57.0 Å². The Kier molecular flexibility index (Phi) is 5.70. The summed E-state index contributed by atoms with van der Waals surface area (Å²) in [5.41, 5.74) is 0.514. The van der Waals surface area contributed by atoms with E-state index in [0.29, 0.717) is 39.7 Å². The average Bonchev–Trinajstić information content (AvgIpc) is 3.27. The third-order valence-corrected chi connectivity index (χ3v) is 9.28. The summed E-state index contributed by atoms with van der Waals surface area (Å²) in [5, 5.41) is 8.21. The first-order chi connectivity index (χ1) is 17.3. The van der Waals surface area contributed by atoms with Crippen molar-refractivity contribution in [1.29, 1.82) is 0 Å². The molecule has 7 rings (SSSR count). The molecule has 3 aromatic rings. The van der Waals surface area contributed by atoms with E-state index in [1.54, 1.807) is 24.3 Å². The molecular formula is C27H30N4O4S. The number of amides is 1. The summed E-state index contributed by atoms with van der Waals surface area (Å²) in [4.78, 5) is 43.9. The van der Waals surface area contributed by atoms with Crippen molar-refractivity contribution >= 4 is 33.9 Å². The normalized spacial score (nSPS) is 26.5. The van der Waals surface area contributed by atoms with E-state index in [1.165, 1.54) is 41.2 Å². The number of aromatic nitrogens is 3. The van der Waals surface area contributed by atoms with Crippen LogP contribution in [0.3, 0.4) is 0 Å². The Bertz CT molecular complexity index is 1370. The number of hydrogen-bond donors (Lipinski definition) is 1. The molecule has 0 atom stereocenters. The summed E-state index contributed by atoms with van der Waals surface area (Å²) in [6.07, 6.45) is 6.66. The van der Waals surface area contributed by atoms with E-state index in [0.717, 1.165) is 24.3 Å². The molecule has 2 aromatic heterocycles. The number of anilines is 1. The number of nitrogens with one attached hydrogen (secondary N) is 1. The second-order valence-electron chi connectivity index (χ2n) is 11.1. The molecule has 1 aromatic carbocycles. The molecule has 0 radical (unpaired) electrons. The molecular weight excluding hydrogens is 476 g/mol. The van der Waals surface area contributed by atoms with Crippen molar-refractivity contribution in [3.8, 4) is 0 Å². The number of hydrogen-bond acceptors (Lipinski definition) is 7. The Labute approximate surface area is 213 Å². The standard InChI is InChI=1S/C27H30N4O4S/c1-15(2)23-30-31-22(32)10-19(28-26(31)36-23)14-35-24(33)20-5-3-4-6-21(20)29-25(34)27-11-16-7-17(12-27)9-18(8-16)13-27/h3-6,10,15-18H,7-9,11-14H2,1-2H3,(H,29,34). The van der Waals surface area contributed by atoms with Crippen molar-refractivity contribution < 1.29 is 14.3 Å². The summed E-state index contributed by atoms with van der Waals surface area (Å²) < 4.78 is 6.81. The smallest absolute Gasteiger partial charge is 0.340 e. The highest BCUT2D eigenvalue weighted by Crippen LogP contribution is 2.60. The monoisotopic (exact) mass is 506 g/mol. The van der Waals surface area contributed by atoms with E-state index in [1.807, 2.05) is 13.8 Å². The summed E-state index contributed by atoms with van der Waals surface area (Å²) in [7, 11) is 0. The van der Waals surface area contributed by atoms with Gasteiger partial charge in [0.2, 0.25) is 10.9 Å². The van der Waals surface area contributed by atoms with Crippen LogP contribution in [0, 0.1) is 23.2 Å². The van der Waals surface area contributed by atoms with Gasteiger partial charge < -0.3 is 10.1 Å². The zero-order valence-corrected chi connectivity index (χ0v) is 21.3. The van der Waals surface area contributed by atoms with Crippen molar-refractivity contribution in [2.24, 2.45) is 23.2 Å². The van der Waals surface area contributed by atoms with Gasteiger partial charge in [0.05, 0.1) is 22.4 Å². The summed E-state index contributed by atoms with van der Waals surface area (Å²) in [6, 6.07) is 8.29. The van der Waals surface area contributed by atoms with Gasteiger partial charge in [0.25, 0.3) is 5.56 Å². The predicted octanol–water partition coefficient (Wildman–Crippen LogP) is 4.79. The Morgan fingerprint density at radius 2 is 1.81 bits per heavy atom. The second kappa shape index (κ2) is 8.80. The number of nitrogens with zero attached hydrogens (tertiary/aromatic N) is 3. The molecule has 2 heterocycles. The van der Waals surface area contributed by atoms with Gasteiger partial charge in [-0.2, -0.15) is 9.61 Å². The summed E-state index contributed by atoms with van der Waals surface area (Å²) in [6.45, 7) is 3.87. The molecule has 4 fully saturated rings. The average molecular weight is 507 g/mol. The number of benzene rings is 1. The fourth-order valence-corrected chi connectivity index (χ4v) is 7.73. The first-order valence-electron chi connectivity index (χ1n) is 12.8. The van der Waals surface area contributed by atoms with Gasteiger partial charge in [-0.25, -0.2) is 9.78 Å². The molecule has 4 aliphatic carbocycles. The Balaban J connectivity index is 1.17. The third kappa shape index (κ3) is 4.13. The van der Waals surface area contributed by atoms with Gasteiger partial charge in [-0.1, -0.05) is 37.3 Å². The van der Waals surface area contributed by atoms with Crippen LogP contribution < -0.4 is 10.9 Å². The van der Waals surface area contributed by atoms with Crippen molar-refractivity contribution in [2.45, 2.75) is 64.9 Å². The van der Waals surface area contributed by atoms with Gasteiger partial charge in [-0.15, -0.1) is 0 Å². The molecule has 0 saturated heterocycles. The molecule has 1 amide bonds. The fraction of sp³-hybridized carbons (Fsp3) is 0.519. The number of carbonyl (C=O) groups excluding carboxylic acids is 2. The minimum atomic E-state index is -0.564. The molecule has 4 aliphatic rings. The zero-order chi connectivity index (χ0) is 25.0. The molecule has 4 bridgehead atoms. The van der Waals surface area contributed by atoms with Gasteiger partial charge >= 0.3 is 5.97 Å². The van der Waals surface area contributed by atoms with E-state index in [2.05, 4.69) is 15.4 Å².